The molecule has 156 valence electrons. The Hall–Kier alpha value is -1.76. The molecule has 0 aliphatic carbocycles. The van der Waals surface area contributed by atoms with Gasteiger partial charge in [-0.1, -0.05) is 0 Å². The van der Waals surface area contributed by atoms with E-state index in [1.807, 2.05) is 18.2 Å². The zero-order chi connectivity index (χ0) is 20.9. The van der Waals surface area contributed by atoms with E-state index in [-0.39, 0.29) is 23.3 Å². The standard InChI is InChI=1S/C20H18IN3O4S2/c21-16-9-15(7-12-4-6-28-19(12)16)30(26,27)24-5-3-13(10-24)20(25)23-14-1-2-18-17(8-14)22-11-29-18/h1-2,7-9,11,13H,3-6,10H2,(H,23,25)/t13-/m1/s1. The lowest BCUT2D eigenvalue weighted by molar-refractivity contribution is -0.119. The summed E-state index contributed by atoms with van der Waals surface area (Å²) in [6.45, 7) is 1.08. The van der Waals surface area contributed by atoms with Gasteiger partial charge in [-0.25, -0.2) is 13.4 Å². The van der Waals surface area contributed by atoms with Gasteiger partial charge in [0.1, 0.15) is 5.75 Å². The molecule has 0 saturated carbocycles. The molecule has 1 atom stereocenters. The number of anilines is 1. The van der Waals surface area contributed by atoms with E-state index >= 15 is 0 Å². The SMILES string of the molecule is O=C(Nc1ccc2scnc2c1)[C@@H]1CCN(S(=O)(=O)c2cc(I)c3c(c2)CCO3)C1. The molecule has 1 N–H and O–H groups in total. The molecule has 0 unspecified atom stereocenters. The van der Waals surface area contributed by atoms with Gasteiger partial charge in [-0.15, -0.1) is 11.3 Å². The first-order valence-electron chi connectivity index (χ1n) is 9.51. The van der Waals surface area contributed by atoms with Crippen molar-refractivity contribution in [2.24, 2.45) is 5.92 Å². The van der Waals surface area contributed by atoms with Crippen molar-refractivity contribution >= 4 is 65.8 Å². The van der Waals surface area contributed by atoms with Crippen LogP contribution in [-0.2, 0) is 21.2 Å². The predicted molar refractivity (Wildman–Crippen MR) is 123 cm³/mol. The fraction of sp³-hybridized carbons (Fsp3) is 0.300. The maximum absolute atomic E-state index is 13.2. The van der Waals surface area contributed by atoms with Crippen molar-refractivity contribution in [3.63, 3.8) is 0 Å². The van der Waals surface area contributed by atoms with Gasteiger partial charge < -0.3 is 10.1 Å². The number of carbonyl (C=O) groups excluding carboxylic acids is 1. The van der Waals surface area contributed by atoms with Gasteiger partial charge in [0.2, 0.25) is 15.9 Å². The Kier molecular flexibility index (Phi) is 5.20. The molecule has 1 aromatic heterocycles. The molecule has 1 amide bonds. The minimum absolute atomic E-state index is 0.167. The predicted octanol–water partition coefficient (Wildman–Crippen LogP) is 3.49. The Labute approximate surface area is 191 Å². The third kappa shape index (κ3) is 3.59. The molecular formula is C20H18IN3O4S2. The van der Waals surface area contributed by atoms with Crippen molar-refractivity contribution in [3.05, 3.63) is 45.0 Å². The number of rotatable bonds is 4. The summed E-state index contributed by atoms with van der Waals surface area (Å²) in [5, 5.41) is 2.91. The third-order valence-electron chi connectivity index (χ3n) is 5.47. The van der Waals surface area contributed by atoms with Crippen LogP contribution in [0.25, 0.3) is 10.2 Å². The monoisotopic (exact) mass is 555 g/mol. The van der Waals surface area contributed by atoms with E-state index in [0.717, 1.165) is 25.1 Å². The first-order valence-corrected chi connectivity index (χ1v) is 12.9. The van der Waals surface area contributed by atoms with Crippen LogP contribution in [0.1, 0.15) is 12.0 Å². The minimum Gasteiger partial charge on any atom is -0.492 e. The van der Waals surface area contributed by atoms with Gasteiger partial charge in [-0.05, 0) is 64.9 Å². The fourth-order valence-electron chi connectivity index (χ4n) is 3.87. The van der Waals surface area contributed by atoms with Gasteiger partial charge >= 0.3 is 0 Å². The van der Waals surface area contributed by atoms with E-state index in [1.54, 1.807) is 29.0 Å². The summed E-state index contributed by atoms with van der Waals surface area (Å²) in [6, 6.07) is 8.96. The van der Waals surface area contributed by atoms with Crippen LogP contribution in [0.5, 0.6) is 5.75 Å². The highest BCUT2D eigenvalue weighted by Crippen LogP contribution is 2.35. The summed E-state index contributed by atoms with van der Waals surface area (Å²) in [7, 11) is -3.66. The molecule has 2 aliphatic rings. The van der Waals surface area contributed by atoms with Crippen LogP contribution in [0.3, 0.4) is 0 Å². The summed E-state index contributed by atoms with van der Waals surface area (Å²) in [5.74, 6) is 0.229. The number of nitrogens with one attached hydrogen (secondary N) is 1. The van der Waals surface area contributed by atoms with Gasteiger partial charge in [0, 0.05) is 25.2 Å². The Morgan fingerprint density at radius 1 is 1.30 bits per heavy atom. The molecule has 0 radical (unpaired) electrons. The number of ether oxygens (including phenoxy) is 1. The average molecular weight is 555 g/mol. The summed E-state index contributed by atoms with van der Waals surface area (Å²) in [5.41, 5.74) is 4.20. The number of aromatic nitrogens is 1. The van der Waals surface area contributed by atoms with Crippen LogP contribution < -0.4 is 10.1 Å². The van der Waals surface area contributed by atoms with Crippen LogP contribution in [0, 0.1) is 9.49 Å². The lowest BCUT2D eigenvalue weighted by Gasteiger charge is -2.17. The number of fused-ring (bicyclic) bond motifs is 2. The quantitative estimate of drug-likeness (QED) is 0.499. The smallest absolute Gasteiger partial charge is 0.243 e. The number of sulfonamides is 1. The van der Waals surface area contributed by atoms with E-state index in [9.17, 15) is 13.2 Å². The van der Waals surface area contributed by atoms with E-state index in [2.05, 4.69) is 32.9 Å². The number of carbonyl (C=O) groups is 1. The molecule has 2 aromatic carbocycles. The van der Waals surface area contributed by atoms with Gasteiger partial charge in [0.05, 0.1) is 36.7 Å². The summed E-state index contributed by atoms with van der Waals surface area (Å²) in [4.78, 5) is 17.3. The molecule has 10 heteroatoms. The zero-order valence-corrected chi connectivity index (χ0v) is 19.6. The number of hydrogen-bond donors (Lipinski definition) is 1. The van der Waals surface area contributed by atoms with E-state index in [0.29, 0.717) is 31.7 Å². The maximum atomic E-state index is 13.2. The van der Waals surface area contributed by atoms with Crippen LogP contribution in [0.2, 0.25) is 0 Å². The molecule has 0 bridgehead atoms. The number of hydrogen-bond acceptors (Lipinski definition) is 6. The van der Waals surface area contributed by atoms with Crippen LogP contribution >= 0.6 is 33.9 Å². The molecule has 1 saturated heterocycles. The molecule has 1 fully saturated rings. The first-order chi connectivity index (χ1) is 14.4. The number of halogens is 1. The minimum atomic E-state index is -3.66. The number of thiazole rings is 1. The summed E-state index contributed by atoms with van der Waals surface area (Å²) < 4.78 is 35.2. The van der Waals surface area contributed by atoms with Crippen molar-refractivity contribution in [1.82, 2.24) is 9.29 Å². The molecule has 5 rings (SSSR count). The highest BCUT2D eigenvalue weighted by atomic mass is 127. The molecule has 3 heterocycles. The van der Waals surface area contributed by atoms with Crippen LogP contribution in [-0.4, -0.2) is 43.3 Å². The third-order valence-corrected chi connectivity index (χ3v) is 8.92. The van der Waals surface area contributed by atoms with Gasteiger partial charge in [0.15, 0.2) is 0 Å². The molecule has 3 aromatic rings. The fourth-order valence-corrected chi connectivity index (χ4v) is 7.16. The lowest BCUT2D eigenvalue weighted by Crippen LogP contribution is -2.31. The Morgan fingerprint density at radius 3 is 3.03 bits per heavy atom. The summed E-state index contributed by atoms with van der Waals surface area (Å²) in [6.07, 6.45) is 1.21. The lowest BCUT2D eigenvalue weighted by atomic mass is 10.1. The van der Waals surface area contributed by atoms with E-state index in [4.69, 9.17) is 4.74 Å². The second-order valence-electron chi connectivity index (χ2n) is 7.36. The topological polar surface area (TPSA) is 88.6 Å². The summed E-state index contributed by atoms with van der Waals surface area (Å²) >= 11 is 3.65. The normalized spacial score (nSPS) is 19.0. The van der Waals surface area contributed by atoms with Gasteiger partial charge in [-0.3, -0.25) is 4.79 Å². The second-order valence-corrected chi connectivity index (χ2v) is 11.4. The van der Waals surface area contributed by atoms with Crippen molar-refractivity contribution < 1.29 is 17.9 Å². The van der Waals surface area contributed by atoms with E-state index in [1.165, 1.54) is 4.31 Å². The maximum Gasteiger partial charge on any atom is 0.243 e. The Balaban J connectivity index is 1.31. The zero-order valence-electron chi connectivity index (χ0n) is 15.8. The molecule has 7 nitrogen and oxygen atoms in total. The van der Waals surface area contributed by atoms with Crippen molar-refractivity contribution in [1.29, 1.82) is 0 Å². The number of nitrogens with zero attached hydrogens (tertiary/aromatic N) is 2. The van der Waals surface area contributed by atoms with Gasteiger partial charge in [0.25, 0.3) is 0 Å². The largest absolute Gasteiger partial charge is 0.492 e. The number of amides is 1. The van der Waals surface area contributed by atoms with Crippen LogP contribution in [0.15, 0.2) is 40.7 Å². The number of benzene rings is 2. The Morgan fingerprint density at radius 2 is 2.17 bits per heavy atom. The molecule has 2 aliphatic heterocycles. The van der Waals surface area contributed by atoms with E-state index < -0.39 is 10.0 Å². The van der Waals surface area contributed by atoms with Crippen molar-refractivity contribution in [3.8, 4) is 5.75 Å². The highest BCUT2D eigenvalue weighted by molar-refractivity contribution is 14.1. The van der Waals surface area contributed by atoms with Gasteiger partial charge in [-0.2, -0.15) is 4.31 Å². The molecule has 0 spiro atoms. The second kappa shape index (κ2) is 7.74. The average Bonchev–Trinajstić information content (AvgIpc) is 3.47. The highest BCUT2D eigenvalue weighted by Gasteiger charge is 2.36. The first kappa shape index (κ1) is 20.2. The molecular weight excluding hydrogens is 537 g/mol. The molecule has 30 heavy (non-hydrogen) atoms. The van der Waals surface area contributed by atoms with Crippen molar-refractivity contribution in [2.75, 3.05) is 25.0 Å². The Bertz CT molecular complexity index is 1260. The van der Waals surface area contributed by atoms with Crippen molar-refractivity contribution in [2.45, 2.75) is 17.7 Å². The van der Waals surface area contributed by atoms with Crippen LogP contribution in [0.4, 0.5) is 5.69 Å².